The van der Waals surface area contributed by atoms with Crippen molar-refractivity contribution in [2.75, 3.05) is 20.3 Å². The maximum Gasteiger partial charge on any atom is 0.407 e. The van der Waals surface area contributed by atoms with E-state index in [-0.39, 0.29) is 37.4 Å². The van der Waals surface area contributed by atoms with E-state index in [1.54, 1.807) is 0 Å². The summed E-state index contributed by atoms with van der Waals surface area (Å²) in [6.45, 7) is 0.436. The molecular weight excluding hydrogens is 436 g/mol. The molecule has 3 N–H and O–H groups in total. The number of carboxylic acid groups (broad SMARTS) is 1. The van der Waals surface area contributed by atoms with Gasteiger partial charge in [0.1, 0.15) is 12.7 Å². The largest absolute Gasteiger partial charge is 0.481 e. The highest BCUT2D eigenvalue weighted by molar-refractivity contribution is 5.81. The average molecular weight is 467 g/mol. The topological polar surface area (TPSA) is 114 Å². The van der Waals surface area contributed by atoms with Crippen LogP contribution in [0.5, 0.6) is 0 Å². The Morgan fingerprint density at radius 1 is 1.03 bits per heavy atom. The normalized spacial score (nSPS) is 19.7. The molecule has 0 aromatic heterocycles. The van der Waals surface area contributed by atoms with Crippen LogP contribution in [-0.4, -0.2) is 55.5 Å². The number of ether oxygens (including phenoxy) is 2. The minimum Gasteiger partial charge on any atom is -0.481 e. The third kappa shape index (κ3) is 5.22. The second kappa shape index (κ2) is 10.7. The van der Waals surface area contributed by atoms with Gasteiger partial charge in [-0.05, 0) is 41.5 Å². The number of fused-ring (bicyclic) bond motifs is 3. The standard InChI is InChI=1S/C26H30N2O6/c1-33-23(24(29)28-17-11-10-16(14-17)25(30)31)12-13-27-26(32)34-15-22-20-8-4-2-6-18(20)19-7-3-5-9-21(19)22/h2-9,16-17,22-23H,10-15H2,1H3,(H,27,32)(H,28,29)(H,30,31)/t16-,17+,23?/m0/s1. The van der Waals surface area contributed by atoms with Crippen LogP contribution < -0.4 is 10.6 Å². The van der Waals surface area contributed by atoms with E-state index in [4.69, 9.17) is 14.6 Å². The molecule has 2 aliphatic carbocycles. The number of carboxylic acids is 1. The molecule has 0 heterocycles. The first-order chi connectivity index (χ1) is 16.5. The molecule has 4 rings (SSSR count). The molecule has 3 atom stereocenters. The minimum atomic E-state index is -0.827. The van der Waals surface area contributed by atoms with Crippen LogP contribution in [0.2, 0.25) is 0 Å². The van der Waals surface area contributed by atoms with Crippen molar-refractivity contribution >= 4 is 18.0 Å². The molecule has 8 heteroatoms. The number of rotatable bonds is 9. The Bertz CT molecular complexity index is 1010. The fraction of sp³-hybridized carbons (Fsp3) is 0.423. The zero-order valence-electron chi connectivity index (χ0n) is 19.2. The van der Waals surface area contributed by atoms with E-state index >= 15 is 0 Å². The lowest BCUT2D eigenvalue weighted by atomic mass is 9.98. The van der Waals surface area contributed by atoms with Gasteiger partial charge in [0.05, 0.1) is 5.92 Å². The predicted octanol–water partition coefficient (Wildman–Crippen LogP) is 3.30. The van der Waals surface area contributed by atoms with E-state index in [0.717, 1.165) is 22.3 Å². The molecule has 2 aromatic rings. The Morgan fingerprint density at radius 2 is 1.68 bits per heavy atom. The van der Waals surface area contributed by atoms with Crippen LogP contribution in [0.25, 0.3) is 11.1 Å². The van der Waals surface area contributed by atoms with Crippen LogP contribution in [0.15, 0.2) is 48.5 Å². The number of hydrogen-bond acceptors (Lipinski definition) is 5. The fourth-order valence-corrected chi connectivity index (χ4v) is 4.94. The van der Waals surface area contributed by atoms with Crippen LogP contribution >= 0.6 is 0 Å². The number of nitrogens with one attached hydrogen (secondary N) is 2. The molecule has 0 saturated heterocycles. The molecule has 2 amide bonds. The molecule has 1 fully saturated rings. The summed E-state index contributed by atoms with van der Waals surface area (Å²) >= 11 is 0. The second-order valence-corrected chi connectivity index (χ2v) is 8.82. The molecule has 34 heavy (non-hydrogen) atoms. The predicted molar refractivity (Wildman–Crippen MR) is 125 cm³/mol. The highest BCUT2D eigenvalue weighted by Gasteiger charge is 2.32. The van der Waals surface area contributed by atoms with Crippen LogP contribution in [-0.2, 0) is 19.1 Å². The number of alkyl carbamates (subject to hydrolysis) is 1. The van der Waals surface area contributed by atoms with Gasteiger partial charge in [0.2, 0.25) is 5.91 Å². The zero-order chi connectivity index (χ0) is 24.1. The minimum absolute atomic E-state index is 0.0170. The summed E-state index contributed by atoms with van der Waals surface area (Å²) in [5.74, 6) is -1.56. The molecule has 1 saturated carbocycles. The van der Waals surface area contributed by atoms with E-state index in [9.17, 15) is 14.4 Å². The van der Waals surface area contributed by atoms with Gasteiger partial charge < -0.3 is 25.2 Å². The van der Waals surface area contributed by atoms with Gasteiger partial charge in [0.15, 0.2) is 0 Å². The fourth-order valence-electron chi connectivity index (χ4n) is 4.94. The van der Waals surface area contributed by atoms with Gasteiger partial charge in [-0.1, -0.05) is 48.5 Å². The van der Waals surface area contributed by atoms with E-state index < -0.39 is 24.1 Å². The van der Waals surface area contributed by atoms with Gasteiger partial charge in [-0.2, -0.15) is 0 Å². The van der Waals surface area contributed by atoms with Gasteiger partial charge in [-0.3, -0.25) is 9.59 Å². The molecule has 8 nitrogen and oxygen atoms in total. The first-order valence-electron chi connectivity index (χ1n) is 11.6. The maximum atomic E-state index is 12.5. The summed E-state index contributed by atoms with van der Waals surface area (Å²) in [7, 11) is 1.44. The van der Waals surface area contributed by atoms with E-state index in [2.05, 4.69) is 34.9 Å². The lowest BCUT2D eigenvalue weighted by molar-refractivity contribution is -0.141. The molecule has 0 radical (unpaired) electrons. The Balaban J connectivity index is 1.23. The quantitative estimate of drug-likeness (QED) is 0.523. The molecule has 0 bridgehead atoms. The Hall–Kier alpha value is -3.39. The lowest BCUT2D eigenvalue weighted by Crippen LogP contribution is -2.43. The van der Waals surface area contributed by atoms with Crippen LogP contribution in [0.4, 0.5) is 4.79 Å². The number of aliphatic carboxylic acids is 1. The van der Waals surface area contributed by atoms with Crippen molar-refractivity contribution in [2.24, 2.45) is 5.92 Å². The summed E-state index contributed by atoms with van der Waals surface area (Å²) in [5, 5.41) is 14.7. The van der Waals surface area contributed by atoms with Gasteiger partial charge in [0, 0.05) is 32.0 Å². The van der Waals surface area contributed by atoms with Gasteiger partial charge >= 0.3 is 12.1 Å². The van der Waals surface area contributed by atoms with Gasteiger partial charge in [-0.25, -0.2) is 4.79 Å². The first-order valence-corrected chi connectivity index (χ1v) is 11.6. The van der Waals surface area contributed by atoms with Gasteiger partial charge in [-0.15, -0.1) is 0 Å². The van der Waals surface area contributed by atoms with E-state index in [0.29, 0.717) is 19.3 Å². The molecule has 1 unspecified atom stereocenters. The summed E-state index contributed by atoms with van der Waals surface area (Å²) < 4.78 is 10.8. The van der Waals surface area contributed by atoms with Crippen molar-refractivity contribution in [2.45, 2.75) is 43.7 Å². The van der Waals surface area contributed by atoms with Crippen LogP contribution in [0, 0.1) is 5.92 Å². The highest BCUT2D eigenvalue weighted by atomic mass is 16.5. The zero-order valence-corrected chi connectivity index (χ0v) is 19.2. The molecule has 2 aliphatic rings. The van der Waals surface area contributed by atoms with Crippen LogP contribution in [0.3, 0.4) is 0 Å². The lowest BCUT2D eigenvalue weighted by Gasteiger charge is -2.19. The Labute approximate surface area is 198 Å². The SMILES string of the molecule is COC(CCNC(=O)OCC1c2ccccc2-c2ccccc21)C(=O)N[C@@H]1CC[C@H](C(=O)O)C1. The van der Waals surface area contributed by atoms with Crippen molar-refractivity contribution < 1.29 is 29.0 Å². The number of carbonyl (C=O) groups excluding carboxylic acids is 2. The molecular formula is C26H30N2O6. The van der Waals surface area contributed by atoms with Crippen molar-refractivity contribution in [3.05, 3.63) is 59.7 Å². The molecule has 180 valence electrons. The summed E-state index contributed by atoms with van der Waals surface area (Å²) in [6, 6.07) is 16.1. The van der Waals surface area contributed by atoms with E-state index in [1.165, 1.54) is 7.11 Å². The third-order valence-corrected chi connectivity index (χ3v) is 6.72. The van der Waals surface area contributed by atoms with Gasteiger partial charge in [0.25, 0.3) is 0 Å². The van der Waals surface area contributed by atoms with Crippen LogP contribution in [0.1, 0.15) is 42.7 Å². The number of benzene rings is 2. The number of hydrogen-bond donors (Lipinski definition) is 3. The second-order valence-electron chi connectivity index (χ2n) is 8.82. The average Bonchev–Trinajstić information content (AvgIpc) is 3.43. The first kappa shape index (κ1) is 23.8. The third-order valence-electron chi connectivity index (χ3n) is 6.72. The smallest absolute Gasteiger partial charge is 0.407 e. The number of methoxy groups -OCH3 is 1. The Kier molecular flexibility index (Phi) is 7.47. The molecule has 0 aliphatic heterocycles. The number of carbonyl (C=O) groups is 3. The van der Waals surface area contributed by atoms with E-state index in [1.807, 2.05) is 24.3 Å². The molecule has 0 spiro atoms. The monoisotopic (exact) mass is 466 g/mol. The van der Waals surface area contributed by atoms with Crippen molar-refractivity contribution in [1.82, 2.24) is 10.6 Å². The summed E-state index contributed by atoms with van der Waals surface area (Å²) in [4.78, 5) is 35.9. The Morgan fingerprint density at radius 3 is 2.26 bits per heavy atom. The number of amides is 2. The summed E-state index contributed by atoms with van der Waals surface area (Å²) in [6.07, 6.45) is 0.616. The summed E-state index contributed by atoms with van der Waals surface area (Å²) in [5.41, 5.74) is 4.62. The van der Waals surface area contributed by atoms with Crippen molar-refractivity contribution in [3.8, 4) is 11.1 Å². The van der Waals surface area contributed by atoms with Crippen molar-refractivity contribution in [1.29, 1.82) is 0 Å². The maximum absolute atomic E-state index is 12.5. The molecule has 2 aromatic carbocycles. The van der Waals surface area contributed by atoms with Crippen molar-refractivity contribution in [3.63, 3.8) is 0 Å². The highest BCUT2D eigenvalue weighted by Crippen LogP contribution is 2.44.